The van der Waals surface area contributed by atoms with Crippen LogP contribution in [0.3, 0.4) is 0 Å². The number of hydrogen-bond acceptors (Lipinski definition) is 6. The van der Waals surface area contributed by atoms with Crippen LogP contribution in [-0.4, -0.2) is 63.3 Å². The summed E-state index contributed by atoms with van der Waals surface area (Å²) in [4.78, 5) is 30.6. The molecule has 2 aromatic heterocycles. The molecule has 0 aromatic carbocycles. The van der Waals surface area contributed by atoms with E-state index in [0.717, 1.165) is 54.8 Å². The van der Waals surface area contributed by atoms with Gasteiger partial charge in [0.25, 0.3) is 5.56 Å². The van der Waals surface area contributed by atoms with Gasteiger partial charge in [0, 0.05) is 61.3 Å². The van der Waals surface area contributed by atoms with Gasteiger partial charge in [-0.05, 0) is 31.5 Å². The van der Waals surface area contributed by atoms with Crippen molar-refractivity contribution < 1.29 is 4.79 Å². The fourth-order valence-electron chi connectivity index (χ4n) is 4.97. The molecule has 7 nitrogen and oxygen atoms in total. The first-order valence-corrected chi connectivity index (χ1v) is 11.4. The highest BCUT2D eigenvalue weighted by Gasteiger charge is 2.45. The maximum Gasteiger partial charge on any atom is 0.251 e. The lowest BCUT2D eigenvalue weighted by Crippen LogP contribution is -2.55. The zero-order chi connectivity index (χ0) is 20.0. The number of piperidine rings is 1. The number of aryl methyl sites for hydroxylation is 1. The van der Waals surface area contributed by atoms with Gasteiger partial charge in [-0.3, -0.25) is 14.2 Å². The number of rotatable bonds is 2. The van der Waals surface area contributed by atoms with Crippen molar-refractivity contribution >= 4 is 23.5 Å². The number of carbonyl (C=O) groups is 1. The predicted molar refractivity (Wildman–Crippen MR) is 113 cm³/mol. The van der Waals surface area contributed by atoms with E-state index in [4.69, 9.17) is 0 Å². The van der Waals surface area contributed by atoms with Gasteiger partial charge in [0.05, 0.1) is 5.69 Å². The third-order valence-corrected chi connectivity index (χ3v) is 7.27. The van der Waals surface area contributed by atoms with Crippen molar-refractivity contribution in [3.05, 3.63) is 52.1 Å². The summed E-state index contributed by atoms with van der Waals surface area (Å²) in [5.74, 6) is 3.18. The van der Waals surface area contributed by atoms with Gasteiger partial charge in [-0.25, -0.2) is 0 Å². The van der Waals surface area contributed by atoms with Crippen molar-refractivity contribution in [1.29, 1.82) is 0 Å². The molecule has 2 fully saturated rings. The molecule has 0 aliphatic carbocycles. The number of carbonyl (C=O) groups excluding carboxylic acids is 1. The van der Waals surface area contributed by atoms with Crippen LogP contribution in [0.2, 0.25) is 0 Å². The molecule has 2 aromatic rings. The lowest BCUT2D eigenvalue weighted by Gasteiger charge is -2.47. The number of pyridine rings is 1. The highest BCUT2D eigenvalue weighted by molar-refractivity contribution is 7.99. The number of anilines is 1. The molecular weight excluding hydrogens is 386 g/mol. The Morgan fingerprint density at radius 3 is 2.69 bits per heavy atom. The summed E-state index contributed by atoms with van der Waals surface area (Å²) < 4.78 is 1.79. The molecule has 8 heteroatoms. The second kappa shape index (κ2) is 7.48. The highest BCUT2D eigenvalue weighted by Crippen LogP contribution is 2.42. The molecule has 152 valence electrons. The average molecular weight is 412 g/mol. The maximum atomic E-state index is 13.6. The zero-order valence-corrected chi connectivity index (χ0v) is 17.3. The van der Waals surface area contributed by atoms with E-state index in [1.165, 1.54) is 0 Å². The standard InChI is InChI=1S/C21H25N5O2S/c1-14-5-6-18(23-22-14)25-12-15-11-16(13-25)20(21(28)24-7-9-29-10-8-24)26-17(15)3-2-4-19(26)27/h2-6,15-16,20H,7-13H2,1H3/t15-,16+,20+/m0/s1. The Kier molecular flexibility index (Phi) is 4.81. The van der Waals surface area contributed by atoms with Crippen LogP contribution >= 0.6 is 11.8 Å². The van der Waals surface area contributed by atoms with E-state index in [-0.39, 0.29) is 23.3 Å². The number of fused-ring (bicyclic) bond motifs is 4. The molecule has 3 aliphatic heterocycles. The predicted octanol–water partition coefficient (Wildman–Crippen LogP) is 1.69. The first kappa shape index (κ1) is 18.7. The first-order chi connectivity index (χ1) is 14.1. The van der Waals surface area contributed by atoms with Crippen molar-refractivity contribution in [3.63, 3.8) is 0 Å². The molecule has 0 saturated carbocycles. The second-order valence-electron chi connectivity index (χ2n) is 8.17. The number of thioether (sulfide) groups is 1. The minimum atomic E-state index is -0.431. The fraction of sp³-hybridized carbons (Fsp3) is 0.524. The normalized spacial score (nSPS) is 26.2. The summed E-state index contributed by atoms with van der Waals surface area (Å²) in [5, 5.41) is 8.58. The Labute approximate surface area is 174 Å². The van der Waals surface area contributed by atoms with Crippen LogP contribution in [0.1, 0.15) is 29.8 Å². The molecule has 2 bridgehead atoms. The van der Waals surface area contributed by atoms with Gasteiger partial charge < -0.3 is 9.80 Å². The monoisotopic (exact) mass is 411 g/mol. The Hall–Kier alpha value is -2.35. The Bertz CT molecular complexity index is 970. The molecule has 0 spiro atoms. The van der Waals surface area contributed by atoms with Gasteiger partial charge in [-0.1, -0.05) is 6.07 Å². The van der Waals surface area contributed by atoms with Crippen LogP contribution in [0.15, 0.2) is 35.1 Å². The van der Waals surface area contributed by atoms with Crippen molar-refractivity contribution in [2.24, 2.45) is 5.92 Å². The molecule has 5 heterocycles. The molecule has 2 saturated heterocycles. The van der Waals surface area contributed by atoms with Crippen molar-refractivity contribution in [3.8, 4) is 0 Å². The summed E-state index contributed by atoms with van der Waals surface area (Å²) in [6.45, 7) is 4.96. The molecule has 3 aliphatic rings. The average Bonchev–Trinajstić information content (AvgIpc) is 2.75. The van der Waals surface area contributed by atoms with Crippen molar-refractivity contribution in [2.45, 2.75) is 25.3 Å². The largest absolute Gasteiger partial charge is 0.354 e. The summed E-state index contributed by atoms with van der Waals surface area (Å²) in [5.41, 5.74) is 1.80. The van der Waals surface area contributed by atoms with Gasteiger partial charge in [-0.15, -0.1) is 5.10 Å². The fourth-order valence-corrected chi connectivity index (χ4v) is 5.87. The van der Waals surface area contributed by atoms with Gasteiger partial charge in [0.1, 0.15) is 6.04 Å². The van der Waals surface area contributed by atoms with Gasteiger partial charge in [0.2, 0.25) is 5.91 Å². The Balaban J connectivity index is 1.53. The van der Waals surface area contributed by atoms with Crippen molar-refractivity contribution in [1.82, 2.24) is 19.7 Å². The number of amides is 1. The molecule has 0 radical (unpaired) electrons. The molecule has 0 unspecified atom stereocenters. The molecule has 3 atom stereocenters. The van der Waals surface area contributed by atoms with Crippen molar-refractivity contribution in [2.75, 3.05) is 42.6 Å². The SMILES string of the molecule is Cc1ccc(N2C[C@@H]3C[C@H](C2)[C@H](C(=O)N2CCSCC2)n2c3cccc2=O)nn1. The number of aromatic nitrogens is 3. The maximum absolute atomic E-state index is 13.6. The van der Waals surface area contributed by atoms with Crippen LogP contribution in [0.5, 0.6) is 0 Å². The Morgan fingerprint density at radius 2 is 1.93 bits per heavy atom. The van der Waals surface area contributed by atoms with Crippen LogP contribution in [-0.2, 0) is 4.79 Å². The van der Waals surface area contributed by atoms with E-state index < -0.39 is 6.04 Å². The molecule has 29 heavy (non-hydrogen) atoms. The lowest BCUT2D eigenvalue weighted by molar-refractivity contribution is -0.137. The zero-order valence-electron chi connectivity index (χ0n) is 16.5. The van der Waals surface area contributed by atoms with Crippen LogP contribution in [0.25, 0.3) is 0 Å². The smallest absolute Gasteiger partial charge is 0.251 e. The Morgan fingerprint density at radius 1 is 1.10 bits per heavy atom. The van der Waals surface area contributed by atoms with E-state index in [0.29, 0.717) is 6.54 Å². The number of nitrogens with zero attached hydrogens (tertiary/aromatic N) is 5. The van der Waals surface area contributed by atoms with E-state index >= 15 is 0 Å². The highest BCUT2D eigenvalue weighted by atomic mass is 32.2. The quantitative estimate of drug-likeness (QED) is 0.749. The molecule has 5 rings (SSSR count). The van der Waals surface area contributed by atoms with Gasteiger partial charge in [0.15, 0.2) is 5.82 Å². The minimum Gasteiger partial charge on any atom is -0.354 e. The summed E-state index contributed by atoms with van der Waals surface area (Å²) in [6, 6.07) is 8.95. The third kappa shape index (κ3) is 3.33. The summed E-state index contributed by atoms with van der Waals surface area (Å²) in [7, 11) is 0. The van der Waals surface area contributed by atoms with Crippen LogP contribution in [0, 0.1) is 12.8 Å². The van der Waals surface area contributed by atoms with E-state index in [2.05, 4.69) is 15.1 Å². The van der Waals surface area contributed by atoms with E-state index in [9.17, 15) is 9.59 Å². The molecule has 0 N–H and O–H groups in total. The number of hydrogen-bond donors (Lipinski definition) is 0. The first-order valence-electron chi connectivity index (χ1n) is 10.2. The minimum absolute atomic E-state index is 0.0643. The lowest BCUT2D eigenvalue weighted by atomic mass is 9.78. The van der Waals surface area contributed by atoms with E-state index in [1.807, 2.05) is 47.9 Å². The second-order valence-corrected chi connectivity index (χ2v) is 9.40. The summed E-state index contributed by atoms with van der Waals surface area (Å²) >= 11 is 1.88. The molecule has 1 amide bonds. The van der Waals surface area contributed by atoms with Crippen LogP contribution < -0.4 is 10.5 Å². The topological polar surface area (TPSA) is 71.3 Å². The van der Waals surface area contributed by atoms with Crippen LogP contribution in [0.4, 0.5) is 5.82 Å². The third-order valence-electron chi connectivity index (χ3n) is 6.33. The summed E-state index contributed by atoms with van der Waals surface area (Å²) in [6.07, 6.45) is 0.929. The van der Waals surface area contributed by atoms with Gasteiger partial charge >= 0.3 is 0 Å². The molecular formula is C21H25N5O2S. The van der Waals surface area contributed by atoms with Gasteiger partial charge in [-0.2, -0.15) is 16.9 Å². The van der Waals surface area contributed by atoms with E-state index in [1.54, 1.807) is 10.6 Å².